The van der Waals surface area contributed by atoms with E-state index in [1.165, 1.54) is 0 Å². The number of phenols is 1. The van der Waals surface area contributed by atoms with E-state index in [-0.39, 0.29) is 17.6 Å². The first-order chi connectivity index (χ1) is 16.6. The van der Waals surface area contributed by atoms with Gasteiger partial charge in [-0.2, -0.15) is 0 Å². The number of aromatic hydroxyl groups is 1. The molecule has 0 aliphatic heterocycles. The Kier molecular flexibility index (Phi) is 12.0. The van der Waals surface area contributed by atoms with Crippen LogP contribution >= 0.6 is 45.2 Å². The molecule has 0 saturated carbocycles. The highest BCUT2D eigenvalue weighted by atomic mass is 127. The minimum absolute atomic E-state index is 0.104. The number of hydrogen-bond donors (Lipinski definition) is 2. The Balaban J connectivity index is 0.000000247. The van der Waals surface area contributed by atoms with Crippen molar-refractivity contribution in [3.05, 3.63) is 96.6 Å². The molecule has 0 spiro atoms. The van der Waals surface area contributed by atoms with Crippen LogP contribution in [-0.4, -0.2) is 48.6 Å². The Bertz CT molecular complexity index is 1050. The van der Waals surface area contributed by atoms with Crippen molar-refractivity contribution >= 4 is 57.1 Å². The first kappa shape index (κ1) is 29.1. The number of halogens is 2. The second-order valence-electron chi connectivity index (χ2n) is 7.96. The third kappa shape index (κ3) is 8.76. The molecule has 3 aromatic rings. The lowest BCUT2D eigenvalue weighted by Gasteiger charge is -2.21. The van der Waals surface area contributed by atoms with Gasteiger partial charge in [-0.15, -0.1) is 0 Å². The second kappa shape index (κ2) is 14.4. The molecule has 0 fully saturated rings. The number of ether oxygens (including phenoxy) is 1. The first-order valence-corrected chi connectivity index (χ1v) is 13.2. The van der Waals surface area contributed by atoms with Gasteiger partial charge >= 0.3 is 5.97 Å². The van der Waals surface area contributed by atoms with Crippen LogP contribution in [-0.2, 0) is 20.7 Å². The summed E-state index contributed by atoms with van der Waals surface area (Å²) < 4.78 is 6.34. The molecule has 186 valence electrons. The highest BCUT2D eigenvalue weighted by molar-refractivity contribution is 14.1. The summed E-state index contributed by atoms with van der Waals surface area (Å²) in [6.07, 6.45) is 0.408. The number of esters is 1. The average molecular weight is 700 g/mol. The Hall–Kier alpha value is -2.18. The molecule has 0 radical (unpaired) electrons. The number of nitrogens with zero attached hydrogens (tertiary/aromatic N) is 1. The zero-order valence-corrected chi connectivity index (χ0v) is 24.3. The van der Waals surface area contributed by atoms with Crippen LogP contribution in [0.3, 0.4) is 0 Å². The summed E-state index contributed by atoms with van der Waals surface area (Å²) in [5.41, 5.74) is 8.71. The number of benzene rings is 3. The molecule has 0 aliphatic rings. The van der Waals surface area contributed by atoms with Crippen LogP contribution in [0.4, 0.5) is 0 Å². The van der Waals surface area contributed by atoms with Crippen molar-refractivity contribution in [1.82, 2.24) is 4.90 Å². The van der Waals surface area contributed by atoms with E-state index in [1.807, 2.05) is 118 Å². The van der Waals surface area contributed by atoms with Gasteiger partial charge in [-0.1, -0.05) is 60.7 Å². The molecule has 0 aliphatic carbocycles. The number of rotatable bonds is 7. The zero-order valence-electron chi connectivity index (χ0n) is 19.9. The average Bonchev–Trinajstić information content (AvgIpc) is 2.84. The van der Waals surface area contributed by atoms with E-state index in [1.54, 1.807) is 25.9 Å². The van der Waals surface area contributed by atoms with Gasteiger partial charge in [0.1, 0.15) is 11.8 Å². The smallest absolute Gasteiger partial charge is 0.323 e. The van der Waals surface area contributed by atoms with Gasteiger partial charge in [0.15, 0.2) is 0 Å². The molecule has 1 amide bonds. The van der Waals surface area contributed by atoms with Gasteiger partial charge < -0.3 is 20.5 Å². The number of carbonyl (C=O) groups is 2. The summed E-state index contributed by atoms with van der Waals surface area (Å²) in [6.45, 7) is 2.08. The van der Waals surface area contributed by atoms with Gasteiger partial charge in [-0.3, -0.25) is 9.59 Å². The van der Waals surface area contributed by atoms with Gasteiger partial charge in [0.05, 0.1) is 19.7 Å². The SMILES string of the molecule is CCOC(=O)C(N)Cc1cc(I)c(O)c(I)c1.CN(C)C(=O)C(c1ccccc1)c1ccccc1. The molecule has 0 saturated heterocycles. The molecule has 1 unspecified atom stereocenters. The number of amides is 1. The van der Waals surface area contributed by atoms with Crippen molar-refractivity contribution < 1.29 is 19.4 Å². The maximum absolute atomic E-state index is 12.4. The number of phenolic OH excluding ortho intramolecular Hbond substituents is 1. The Morgan fingerprint density at radius 2 is 1.40 bits per heavy atom. The molecule has 3 N–H and O–H groups in total. The summed E-state index contributed by atoms with van der Waals surface area (Å²) >= 11 is 4.09. The molecular weight excluding hydrogens is 670 g/mol. The van der Waals surface area contributed by atoms with Crippen molar-refractivity contribution in [2.45, 2.75) is 25.3 Å². The maximum atomic E-state index is 12.4. The number of nitrogens with two attached hydrogens (primary N) is 1. The summed E-state index contributed by atoms with van der Waals surface area (Å²) in [5.74, 6) is -0.250. The van der Waals surface area contributed by atoms with E-state index in [4.69, 9.17) is 10.5 Å². The van der Waals surface area contributed by atoms with Crippen LogP contribution < -0.4 is 5.73 Å². The summed E-state index contributed by atoms with van der Waals surface area (Å²) in [5, 5.41) is 9.62. The molecule has 0 heterocycles. The summed E-state index contributed by atoms with van der Waals surface area (Å²) in [4.78, 5) is 25.4. The van der Waals surface area contributed by atoms with Gasteiger partial charge in [-0.25, -0.2) is 0 Å². The van der Waals surface area contributed by atoms with E-state index in [2.05, 4.69) is 0 Å². The topological polar surface area (TPSA) is 92.9 Å². The van der Waals surface area contributed by atoms with Crippen LogP contribution in [0.5, 0.6) is 5.75 Å². The van der Waals surface area contributed by atoms with Crippen LogP contribution in [0, 0.1) is 7.14 Å². The van der Waals surface area contributed by atoms with Gasteiger partial charge in [0.2, 0.25) is 5.91 Å². The second-order valence-corrected chi connectivity index (χ2v) is 10.3. The highest BCUT2D eigenvalue weighted by Gasteiger charge is 2.23. The van der Waals surface area contributed by atoms with Crippen molar-refractivity contribution in [3.63, 3.8) is 0 Å². The quantitative estimate of drug-likeness (QED) is 0.269. The Labute approximate surface area is 234 Å². The third-order valence-electron chi connectivity index (χ3n) is 5.08. The van der Waals surface area contributed by atoms with Gasteiger partial charge in [0.25, 0.3) is 0 Å². The first-order valence-electron chi connectivity index (χ1n) is 11.1. The van der Waals surface area contributed by atoms with E-state index < -0.39 is 12.0 Å². The Morgan fingerprint density at radius 3 is 1.80 bits per heavy atom. The van der Waals surface area contributed by atoms with Crippen molar-refractivity contribution in [3.8, 4) is 5.75 Å². The van der Waals surface area contributed by atoms with Crippen molar-refractivity contribution in [2.24, 2.45) is 5.73 Å². The minimum atomic E-state index is -0.661. The predicted molar refractivity (Wildman–Crippen MR) is 155 cm³/mol. The van der Waals surface area contributed by atoms with Crippen molar-refractivity contribution in [2.75, 3.05) is 20.7 Å². The lowest BCUT2D eigenvalue weighted by Crippen LogP contribution is -2.34. The molecule has 35 heavy (non-hydrogen) atoms. The van der Waals surface area contributed by atoms with Crippen LogP contribution in [0.25, 0.3) is 0 Å². The van der Waals surface area contributed by atoms with Crippen LogP contribution in [0.1, 0.15) is 29.5 Å². The maximum Gasteiger partial charge on any atom is 0.323 e. The van der Waals surface area contributed by atoms with E-state index in [9.17, 15) is 14.7 Å². The van der Waals surface area contributed by atoms with Crippen LogP contribution in [0.15, 0.2) is 72.8 Å². The van der Waals surface area contributed by atoms with Crippen LogP contribution in [0.2, 0.25) is 0 Å². The molecule has 8 heteroatoms. The third-order valence-corrected chi connectivity index (χ3v) is 6.72. The summed E-state index contributed by atoms with van der Waals surface area (Å²) in [7, 11) is 3.59. The Morgan fingerprint density at radius 1 is 0.943 bits per heavy atom. The molecule has 3 rings (SSSR count). The van der Waals surface area contributed by atoms with E-state index in [0.717, 1.165) is 23.8 Å². The lowest BCUT2D eigenvalue weighted by atomic mass is 9.90. The summed E-state index contributed by atoms with van der Waals surface area (Å²) in [6, 6.07) is 22.8. The molecule has 3 aromatic carbocycles. The molecule has 0 bridgehead atoms. The molecule has 0 aromatic heterocycles. The van der Waals surface area contributed by atoms with E-state index >= 15 is 0 Å². The van der Waals surface area contributed by atoms with Crippen molar-refractivity contribution in [1.29, 1.82) is 0 Å². The number of likely N-dealkylation sites (N-methyl/N-ethyl adjacent to an activating group) is 1. The standard InChI is InChI=1S/C16H17NO.C11H13I2NO3/c1-17(2)16(18)15(13-9-5-3-6-10-13)14-11-7-4-8-12-14;1-2-17-11(16)9(14)5-6-3-7(12)10(15)8(13)4-6/h3-12,15H,1-2H3;3-4,9,15H,2,5,14H2,1H3. The lowest BCUT2D eigenvalue weighted by molar-refractivity contribution is -0.144. The fourth-order valence-electron chi connectivity index (χ4n) is 3.35. The highest BCUT2D eigenvalue weighted by Crippen LogP contribution is 2.28. The van der Waals surface area contributed by atoms with Gasteiger partial charge in [-0.05, 0) is 87.3 Å². The fraction of sp³-hybridized carbons (Fsp3) is 0.259. The minimum Gasteiger partial charge on any atom is -0.506 e. The molecular formula is C27H30I2N2O4. The number of carbonyl (C=O) groups excluding carboxylic acids is 2. The molecule has 1 atom stereocenters. The number of hydrogen-bond acceptors (Lipinski definition) is 5. The largest absolute Gasteiger partial charge is 0.506 e. The predicted octanol–water partition coefficient (Wildman–Crippen LogP) is 4.94. The van der Waals surface area contributed by atoms with Gasteiger partial charge in [0, 0.05) is 14.1 Å². The normalized spacial score (nSPS) is 11.3. The monoisotopic (exact) mass is 700 g/mol. The fourth-order valence-corrected chi connectivity index (χ4v) is 5.25. The zero-order chi connectivity index (χ0) is 26.0. The molecule has 6 nitrogen and oxygen atoms in total. The van der Waals surface area contributed by atoms with E-state index in [0.29, 0.717) is 13.0 Å².